The lowest BCUT2D eigenvalue weighted by molar-refractivity contribution is -0.120. The van der Waals surface area contributed by atoms with Crippen molar-refractivity contribution in [3.63, 3.8) is 0 Å². The van der Waals surface area contributed by atoms with Crippen LogP contribution in [0.3, 0.4) is 0 Å². The lowest BCUT2D eigenvalue weighted by Gasteiger charge is -2.22. The van der Waals surface area contributed by atoms with Gasteiger partial charge >= 0.3 is 0 Å². The number of benzene rings is 1. The predicted octanol–water partition coefficient (Wildman–Crippen LogP) is 2.24. The molecule has 3 nitrogen and oxygen atoms in total. The third-order valence-corrected chi connectivity index (χ3v) is 3.27. The van der Waals surface area contributed by atoms with Crippen LogP contribution < -0.4 is 5.32 Å². The summed E-state index contributed by atoms with van der Waals surface area (Å²) in [5.41, 5.74) is 1.71. The highest BCUT2D eigenvalue weighted by Crippen LogP contribution is 2.16. The Bertz CT molecular complexity index is 430. The normalized spacial score (nSPS) is 16.9. The zero-order valence-electron chi connectivity index (χ0n) is 10.0. The van der Waals surface area contributed by atoms with Crippen LogP contribution in [0, 0.1) is 6.92 Å². The van der Waals surface area contributed by atoms with Gasteiger partial charge in [0, 0.05) is 24.4 Å². The van der Waals surface area contributed by atoms with E-state index >= 15 is 0 Å². The molecule has 0 unspecified atom stereocenters. The van der Waals surface area contributed by atoms with E-state index in [9.17, 15) is 9.59 Å². The van der Waals surface area contributed by atoms with Gasteiger partial charge in [-0.2, -0.15) is 0 Å². The highest BCUT2D eigenvalue weighted by molar-refractivity contribution is 5.95. The van der Waals surface area contributed by atoms with Gasteiger partial charge in [-0.05, 0) is 31.4 Å². The first-order valence-electron chi connectivity index (χ1n) is 6.05. The average Bonchev–Trinajstić information content (AvgIpc) is 2.32. The molecule has 0 aliphatic heterocycles. The second kappa shape index (κ2) is 5.13. The first-order chi connectivity index (χ1) is 8.16. The van der Waals surface area contributed by atoms with Crippen LogP contribution in [-0.4, -0.2) is 17.7 Å². The summed E-state index contributed by atoms with van der Waals surface area (Å²) in [4.78, 5) is 23.1. The van der Waals surface area contributed by atoms with Crippen LogP contribution in [0.15, 0.2) is 24.3 Å². The molecule has 1 aromatic carbocycles. The van der Waals surface area contributed by atoms with Gasteiger partial charge in [0.2, 0.25) is 0 Å². The molecule has 1 aliphatic carbocycles. The number of Topliss-reactive ketones (excluding diaryl/α,β-unsaturated/α-hetero) is 1. The van der Waals surface area contributed by atoms with E-state index in [2.05, 4.69) is 5.32 Å². The molecule has 1 saturated carbocycles. The Balaban J connectivity index is 1.98. The number of carbonyl (C=O) groups is 2. The highest BCUT2D eigenvalue weighted by atomic mass is 16.1. The quantitative estimate of drug-likeness (QED) is 0.848. The van der Waals surface area contributed by atoms with Gasteiger partial charge < -0.3 is 5.32 Å². The topological polar surface area (TPSA) is 46.2 Å². The fourth-order valence-corrected chi connectivity index (χ4v) is 2.17. The molecule has 1 N–H and O–H groups in total. The van der Waals surface area contributed by atoms with E-state index in [4.69, 9.17) is 0 Å². The van der Waals surface area contributed by atoms with Gasteiger partial charge in [0.05, 0.1) is 0 Å². The Morgan fingerprint density at radius 1 is 1.24 bits per heavy atom. The number of hydrogen-bond donors (Lipinski definition) is 1. The molecule has 0 saturated heterocycles. The summed E-state index contributed by atoms with van der Waals surface area (Å²) in [6.07, 6.45) is 2.74. The van der Waals surface area contributed by atoms with Crippen molar-refractivity contribution in [2.24, 2.45) is 0 Å². The van der Waals surface area contributed by atoms with Crippen molar-refractivity contribution in [2.75, 3.05) is 0 Å². The number of ketones is 1. The predicted molar refractivity (Wildman–Crippen MR) is 65.9 cm³/mol. The van der Waals surface area contributed by atoms with Crippen molar-refractivity contribution in [2.45, 2.75) is 38.6 Å². The van der Waals surface area contributed by atoms with Gasteiger partial charge in [0.1, 0.15) is 5.78 Å². The molecule has 0 atom stereocenters. The summed E-state index contributed by atoms with van der Waals surface area (Å²) in [6, 6.07) is 7.70. The SMILES string of the molecule is Cc1ccccc1C(=O)NC1CCC(=O)CC1. The van der Waals surface area contributed by atoms with Crippen LogP contribution in [-0.2, 0) is 4.79 Å². The van der Waals surface area contributed by atoms with E-state index in [0.717, 1.165) is 24.0 Å². The van der Waals surface area contributed by atoms with Gasteiger partial charge in [0.25, 0.3) is 5.91 Å². The molecule has 0 bridgehead atoms. The third-order valence-electron chi connectivity index (χ3n) is 3.27. The number of carbonyl (C=O) groups excluding carboxylic acids is 2. The number of nitrogens with one attached hydrogen (secondary N) is 1. The monoisotopic (exact) mass is 231 g/mol. The van der Waals surface area contributed by atoms with Gasteiger partial charge in [-0.1, -0.05) is 18.2 Å². The van der Waals surface area contributed by atoms with Gasteiger partial charge in [0.15, 0.2) is 0 Å². The Hall–Kier alpha value is -1.64. The van der Waals surface area contributed by atoms with Crippen molar-refractivity contribution >= 4 is 11.7 Å². The lowest BCUT2D eigenvalue weighted by atomic mass is 9.94. The largest absolute Gasteiger partial charge is 0.349 e. The number of aryl methyl sites for hydroxylation is 1. The summed E-state index contributed by atoms with van der Waals surface area (Å²) >= 11 is 0. The third kappa shape index (κ3) is 2.93. The van der Waals surface area contributed by atoms with Crippen molar-refractivity contribution in [1.29, 1.82) is 0 Å². The fourth-order valence-electron chi connectivity index (χ4n) is 2.17. The number of hydrogen-bond acceptors (Lipinski definition) is 2. The summed E-state index contributed by atoms with van der Waals surface area (Å²) in [5, 5.41) is 3.01. The summed E-state index contributed by atoms with van der Waals surface area (Å²) in [5.74, 6) is 0.286. The fraction of sp³-hybridized carbons (Fsp3) is 0.429. The van der Waals surface area contributed by atoms with Gasteiger partial charge in [-0.25, -0.2) is 0 Å². The van der Waals surface area contributed by atoms with E-state index in [0.29, 0.717) is 18.6 Å². The van der Waals surface area contributed by atoms with E-state index in [-0.39, 0.29) is 11.9 Å². The molecular weight excluding hydrogens is 214 g/mol. The van der Waals surface area contributed by atoms with Crippen LogP contribution in [0.25, 0.3) is 0 Å². The van der Waals surface area contributed by atoms with Crippen molar-refractivity contribution in [3.05, 3.63) is 35.4 Å². The van der Waals surface area contributed by atoms with Gasteiger partial charge in [-0.3, -0.25) is 9.59 Å². The molecule has 1 aliphatic rings. The number of rotatable bonds is 2. The highest BCUT2D eigenvalue weighted by Gasteiger charge is 2.21. The second-order valence-electron chi connectivity index (χ2n) is 4.60. The number of amides is 1. The first kappa shape index (κ1) is 11.8. The Morgan fingerprint density at radius 3 is 2.53 bits per heavy atom. The molecule has 0 radical (unpaired) electrons. The molecule has 90 valence electrons. The molecule has 0 heterocycles. The van der Waals surface area contributed by atoms with E-state index < -0.39 is 0 Å². The van der Waals surface area contributed by atoms with Crippen LogP contribution in [0.5, 0.6) is 0 Å². The maximum Gasteiger partial charge on any atom is 0.251 e. The van der Waals surface area contributed by atoms with E-state index in [1.165, 1.54) is 0 Å². The van der Waals surface area contributed by atoms with Crippen LogP contribution in [0.1, 0.15) is 41.6 Å². The molecule has 1 fully saturated rings. The molecule has 1 amide bonds. The van der Waals surface area contributed by atoms with E-state index in [1.807, 2.05) is 31.2 Å². The van der Waals surface area contributed by atoms with Crippen molar-refractivity contribution in [1.82, 2.24) is 5.32 Å². The van der Waals surface area contributed by atoms with Crippen LogP contribution in [0.2, 0.25) is 0 Å². The van der Waals surface area contributed by atoms with E-state index in [1.54, 1.807) is 0 Å². The first-order valence-corrected chi connectivity index (χ1v) is 6.05. The molecular formula is C14H17NO2. The summed E-state index contributed by atoms with van der Waals surface area (Å²) in [7, 11) is 0. The van der Waals surface area contributed by atoms with Gasteiger partial charge in [-0.15, -0.1) is 0 Å². The van der Waals surface area contributed by atoms with Crippen molar-refractivity contribution < 1.29 is 9.59 Å². The molecule has 1 aromatic rings. The minimum Gasteiger partial charge on any atom is -0.349 e. The molecule has 0 spiro atoms. The second-order valence-corrected chi connectivity index (χ2v) is 4.60. The molecule has 17 heavy (non-hydrogen) atoms. The molecule has 0 aromatic heterocycles. The van der Waals surface area contributed by atoms with Crippen LogP contribution in [0.4, 0.5) is 0 Å². The average molecular weight is 231 g/mol. The smallest absolute Gasteiger partial charge is 0.251 e. The Labute approximate surface area is 101 Å². The Morgan fingerprint density at radius 2 is 1.88 bits per heavy atom. The van der Waals surface area contributed by atoms with Crippen molar-refractivity contribution in [3.8, 4) is 0 Å². The summed E-state index contributed by atoms with van der Waals surface area (Å²) in [6.45, 7) is 1.93. The van der Waals surface area contributed by atoms with Crippen LogP contribution >= 0.6 is 0 Å². The Kier molecular flexibility index (Phi) is 3.57. The maximum atomic E-state index is 12.0. The molecule has 2 rings (SSSR count). The lowest BCUT2D eigenvalue weighted by Crippen LogP contribution is -2.37. The minimum atomic E-state index is -0.0255. The standard InChI is InChI=1S/C14H17NO2/c1-10-4-2-3-5-13(10)14(17)15-11-6-8-12(16)9-7-11/h2-5,11H,6-9H2,1H3,(H,15,17). The maximum absolute atomic E-state index is 12.0. The zero-order chi connectivity index (χ0) is 12.3. The zero-order valence-corrected chi connectivity index (χ0v) is 10.0. The minimum absolute atomic E-state index is 0.0255. The summed E-state index contributed by atoms with van der Waals surface area (Å²) < 4.78 is 0. The molecule has 3 heteroatoms.